The Bertz CT molecular complexity index is 506. The van der Waals surface area contributed by atoms with Crippen molar-refractivity contribution in [1.29, 1.82) is 0 Å². The van der Waals surface area contributed by atoms with Crippen LogP contribution in [0.25, 0.3) is 0 Å². The average molecular weight is 357 g/mol. The first-order valence-corrected chi connectivity index (χ1v) is 6.71. The Balaban J connectivity index is 2.25. The summed E-state index contributed by atoms with van der Waals surface area (Å²) in [5, 5.41) is 0. The Morgan fingerprint density at radius 1 is 1.00 bits per heavy atom. The molecule has 0 N–H and O–H groups in total. The summed E-state index contributed by atoms with van der Waals surface area (Å²) < 4.78 is 7.75. The minimum absolute atomic E-state index is 0.604. The van der Waals surface area contributed by atoms with Crippen LogP contribution in [0.2, 0.25) is 0 Å². The lowest BCUT2D eigenvalue weighted by Gasteiger charge is -2.07. The number of aryl methyl sites for hydroxylation is 2. The highest BCUT2D eigenvalue weighted by Crippen LogP contribution is 2.26. The highest BCUT2D eigenvalue weighted by atomic mass is 79.9. The number of pyridine rings is 1. The molecule has 1 heterocycles. The predicted molar refractivity (Wildman–Crippen MR) is 75.6 cm³/mol. The lowest BCUT2D eigenvalue weighted by Crippen LogP contribution is -1.90. The fourth-order valence-corrected chi connectivity index (χ4v) is 1.83. The number of hydrogen-bond acceptors (Lipinski definition) is 2. The fraction of sp³-hybridized carbons (Fsp3) is 0.154. The van der Waals surface area contributed by atoms with Crippen LogP contribution in [-0.2, 0) is 0 Å². The Hall–Kier alpha value is -0.870. The van der Waals surface area contributed by atoms with Crippen molar-refractivity contribution in [2.75, 3.05) is 0 Å². The molecule has 0 amide bonds. The first kappa shape index (κ1) is 12.6. The summed E-state index contributed by atoms with van der Waals surface area (Å²) in [6.07, 6.45) is 1.75. The summed E-state index contributed by atoms with van der Waals surface area (Å²) in [5.41, 5.74) is 2.24. The minimum atomic E-state index is 0.604. The van der Waals surface area contributed by atoms with E-state index < -0.39 is 0 Å². The normalized spacial score (nSPS) is 10.4. The summed E-state index contributed by atoms with van der Waals surface area (Å²) in [4.78, 5) is 4.21. The number of rotatable bonds is 2. The lowest BCUT2D eigenvalue weighted by atomic mass is 10.2. The molecule has 0 unspecified atom stereocenters. The number of aromatic nitrogens is 1. The third kappa shape index (κ3) is 3.07. The van der Waals surface area contributed by atoms with Crippen molar-refractivity contribution in [3.8, 4) is 11.6 Å². The molecule has 17 heavy (non-hydrogen) atoms. The Morgan fingerprint density at radius 3 is 2.35 bits per heavy atom. The second kappa shape index (κ2) is 5.19. The van der Waals surface area contributed by atoms with Crippen LogP contribution in [0.4, 0.5) is 0 Å². The van der Waals surface area contributed by atoms with E-state index in [4.69, 9.17) is 4.74 Å². The second-order valence-electron chi connectivity index (χ2n) is 3.78. The number of nitrogens with zero attached hydrogens (tertiary/aromatic N) is 1. The van der Waals surface area contributed by atoms with E-state index in [1.54, 1.807) is 6.20 Å². The van der Waals surface area contributed by atoms with Gasteiger partial charge in [0.2, 0.25) is 5.88 Å². The largest absolute Gasteiger partial charge is 0.439 e. The van der Waals surface area contributed by atoms with Crippen molar-refractivity contribution in [3.05, 3.63) is 50.5 Å². The maximum absolute atomic E-state index is 5.70. The Kier molecular flexibility index (Phi) is 3.84. The monoisotopic (exact) mass is 355 g/mol. The van der Waals surface area contributed by atoms with Gasteiger partial charge in [-0.15, -0.1) is 0 Å². The molecule has 0 saturated carbocycles. The third-order valence-electron chi connectivity index (χ3n) is 2.37. The SMILES string of the molecule is Cc1cc(Oc2cc(C)c(Br)cn2)ccc1Br. The Morgan fingerprint density at radius 2 is 1.71 bits per heavy atom. The molecule has 1 aromatic carbocycles. The van der Waals surface area contributed by atoms with Crippen LogP contribution in [0.1, 0.15) is 11.1 Å². The van der Waals surface area contributed by atoms with Gasteiger partial charge < -0.3 is 4.74 Å². The molecule has 2 nitrogen and oxygen atoms in total. The third-order valence-corrected chi connectivity index (χ3v) is 4.09. The van der Waals surface area contributed by atoms with E-state index in [-0.39, 0.29) is 0 Å². The number of benzene rings is 1. The average Bonchev–Trinajstić information content (AvgIpc) is 2.29. The van der Waals surface area contributed by atoms with Crippen molar-refractivity contribution in [2.24, 2.45) is 0 Å². The molecular formula is C13H11Br2NO. The van der Waals surface area contributed by atoms with Gasteiger partial charge in [0.1, 0.15) is 5.75 Å². The quantitative estimate of drug-likeness (QED) is 0.754. The van der Waals surface area contributed by atoms with E-state index in [1.165, 1.54) is 0 Å². The molecule has 0 fully saturated rings. The zero-order chi connectivity index (χ0) is 12.4. The van der Waals surface area contributed by atoms with Crippen molar-refractivity contribution in [1.82, 2.24) is 4.98 Å². The van der Waals surface area contributed by atoms with Crippen molar-refractivity contribution in [2.45, 2.75) is 13.8 Å². The summed E-state index contributed by atoms with van der Waals surface area (Å²) in [6, 6.07) is 7.76. The summed E-state index contributed by atoms with van der Waals surface area (Å²) in [6.45, 7) is 4.03. The molecule has 2 aromatic rings. The van der Waals surface area contributed by atoms with E-state index in [1.807, 2.05) is 38.1 Å². The molecule has 0 bridgehead atoms. The Labute approximate surface area is 117 Å². The van der Waals surface area contributed by atoms with Gasteiger partial charge in [-0.05, 0) is 59.1 Å². The van der Waals surface area contributed by atoms with Crippen molar-refractivity contribution >= 4 is 31.9 Å². The minimum Gasteiger partial charge on any atom is -0.439 e. The van der Waals surface area contributed by atoms with Gasteiger partial charge in [0.05, 0.1) is 0 Å². The summed E-state index contributed by atoms with van der Waals surface area (Å²) >= 11 is 6.87. The topological polar surface area (TPSA) is 22.1 Å². The van der Waals surface area contributed by atoms with E-state index in [9.17, 15) is 0 Å². The molecule has 0 aliphatic carbocycles. The molecule has 1 aromatic heterocycles. The van der Waals surface area contributed by atoms with E-state index in [0.717, 1.165) is 25.8 Å². The number of hydrogen-bond donors (Lipinski definition) is 0. The highest BCUT2D eigenvalue weighted by molar-refractivity contribution is 9.10. The van der Waals surface area contributed by atoms with Crippen LogP contribution in [0.15, 0.2) is 39.4 Å². The molecule has 4 heteroatoms. The van der Waals surface area contributed by atoms with Crippen LogP contribution in [0.5, 0.6) is 11.6 Å². The molecule has 88 valence electrons. The van der Waals surface area contributed by atoms with Crippen LogP contribution >= 0.6 is 31.9 Å². The molecular weight excluding hydrogens is 346 g/mol. The molecule has 0 atom stereocenters. The van der Waals surface area contributed by atoms with Crippen LogP contribution in [0.3, 0.4) is 0 Å². The first-order valence-electron chi connectivity index (χ1n) is 5.12. The van der Waals surface area contributed by atoms with Gasteiger partial charge in [0.25, 0.3) is 0 Å². The van der Waals surface area contributed by atoms with Gasteiger partial charge >= 0.3 is 0 Å². The zero-order valence-electron chi connectivity index (χ0n) is 9.50. The molecule has 0 aliphatic heterocycles. The zero-order valence-corrected chi connectivity index (χ0v) is 12.7. The maximum Gasteiger partial charge on any atom is 0.219 e. The summed E-state index contributed by atoms with van der Waals surface area (Å²) in [7, 11) is 0. The second-order valence-corrected chi connectivity index (χ2v) is 5.49. The van der Waals surface area contributed by atoms with Crippen LogP contribution < -0.4 is 4.74 Å². The maximum atomic E-state index is 5.70. The summed E-state index contributed by atoms with van der Waals surface area (Å²) in [5.74, 6) is 1.40. The van der Waals surface area contributed by atoms with Gasteiger partial charge in [-0.25, -0.2) is 4.98 Å². The highest BCUT2D eigenvalue weighted by Gasteiger charge is 2.03. The smallest absolute Gasteiger partial charge is 0.219 e. The van der Waals surface area contributed by atoms with E-state index >= 15 is 0 Å². The van der Waals surface area contributed by atoms with E-state index in [2.05, 4.69) is 36.8 Å². The van der Waals surface area contributed by atoms with Crippen molar-refractivity contribution < 1.29 is 4.74 Å². The van der Waals surface area contributed by atoms with Gasteiger partial charge in [0, 0.05) is 21.2 Å². The number of halogens is 2. The molecule has 0 spiro atoms. The van der Waals surface area contributed by atoms with Gasteiger partial charge in [-0.3, -0.25) is 0 Å². The molecule has 0 radical (unpaired) electrons. The van der Waals surface area contributed by atoms with Crippen molar-refractivity contribution in [3.63, 3.8) is 0 Å². The van der Waals surface area contributed by atoms with Crippen LogP contribution in [0, 0.1) is 13.8 Å². The lowest BCUT2D eigenvalue weighted by molar-refractivity contribution is 0.462. The van der Waals surface area contributed by atoms with Gasteiger partial charge in [0.15, 0.2) is 0 Å². The standard InChI is InChI=1S/C13H11Br2NO/c1-8-5-10(3-4-11(8)14)17-13-6-9(2)12(15)7-16-13/h3-7H,1-2H3. The first-order chi connectivity index (χ1) is 8.06. The molecule has 0 aliphatic rings. The molecule has 0 saturated heterocycles. The molecule has 2 rings (SSSR count). The number of ether oxygens (including phenoxy) is 1. The fourth-order valence-electron chi connectivity index (χ4n) is 1.37. The van der Waals surface area contributed by atoms with Crippen LogP contribution in [-0.4, -0.2) is 4.98 Å². The van der Waals surface area contributed by atoms with Gasteiger partial charge in [-0.2, -0.15) is 0 Å². The van der Waals surface area contributed by atoms with Gasteiger partial charge in [-0.1, -0.05) is 15.9 Å². The van der Waals surface area contributed by atoms with E-state index in [0.29, 0.717) is 5.88 Å². The predicted octanol–water partition coefficient (Wildman–Crippen LogP) is 5.02.